The van der Waals surface area contributed by atoms with Crippen molar-refractivity contribution in [3.05, 3.63) is 71.8 Å². The lowest BCUT2D eigenvalue weighted by atomic mass is 9.91. The molecular weight excluding hydrogens is 296 g/mol. The van der Waals surface area contributed by atoms with Gasteiger partial charge in [-0.3, -0.25) is 4.79 Å². The summed E-state index contributed by atoms with van der Waals surface area (Å²) in [6.07, 6.45) is 0. The van der Waals surface area contributed by atoms with Crippen LogP contribution in [0.2, 0.25) is 0 Å². The topological polar surface area (TPSA) is 29.1 Å². The number of hydrogen-bond donors (Lipinski definition) is 1. The van der Waals surface area contributed by atoms with Crippen molar-refractivity contribution in [3.63, 3.8) is 0 Å². The van der Waals surface area contributed by atoms with E-state index in [0.717, 1.165) is 17.6 Å². The monoisotopic (exact) mass is 325 g/mol. The van der Waals surface area contributed by atoms with E-state index in [-0.39, 0.29) is 11.8 Å². The third kappa shape index (κ3) is 4.93. The van der Waals surface area contributed by atoms with Gasteiger partial charge in [0.25, 0.3) is 5.91 Å². The van der Waals surface area contributed by atoms with Gasteiger partial charge in [0.15, 0.2) is 6.54 Å². The molecule has 3 heteroatoms. The van der Waals surface area contributed by atoms with Gasteiger partial charge >= 0.3 is 0 Å². The number of nitrogens with one attached hydrogen (secondary N) is 1. The smallest absolute Gasteiger partial charge is 0.275 e. The van der Waals surface area contributed by atoms with Gasteiger partial charge in [-0.05, 0) is 25.0 Å². The van der Waals surface area contributed by atoms with Gasteiger partial charge < -0.3 is 9.80 Å². The lowest BCUT2D eigenvalue weighted by molar-refractivity contribution is -0.898. The van der Waals surface area contributed by atoms with Gasteiger partial charge in [-0.15, -0.1) is 0 Å². The number of hydrogen-bond acceptors (Lipinski definition) is 1. The Hall–Kier alpha value is -2.13. The first-order chi connectivity index (χ1) is 11.6. The van der Waals surface area contributed by atoms with Gasteiger partial charge in [0.05, 0.1) is 20.1 Å². The average Bonchev–Trinajstić information content (AvgIpc) is 2.63. The summed E-state index contributed by atoms with van der Waals surface area (Å²) in [7, 11) is 2.13. The first-order valence-corrected chi connectivity index (χ1v) is 8.78. The molecule has 0 atom stereocenters. The third-order valence-electron chi connectivity index (χ3n) is 4.96. The Kier molecular flexibility index (Phi) is 6.56. The van der Waals surface area contributed by atoms with Crippen molar-refractivity contribution in [2.75, 3.05) is 33.2 Å². The Morgan fingerprint density at radius 2 is 1.38 bits per heavy atom. The summed E-state index contributed by atoms with van der Waals surface area (Å²) in [5.74, 6) is 0.302. The van der Waals surface area contributed by atoms with Gasteiger partial charge in [-0.1, -0.05) is 60.7 Å². The maximum absolute atomic E-state index is 12.4. The number of nitrogens with zero attached hydrogens (tertiary/aromatic N) is 1. The quantitative estimate of drug-likeness (QED) is 0.740. The largest absolute Gasteiger partial charge is 0.350 e. The highest BCUT2D eigenvalue weighted by molar-refractivity contribution is 5.77. The zero-order chi connectivity index (χ0) is 17.4. The van der Waals surface area contributed by atoms with E-state index in [1.165, 1.54) is 11.1 Å². The molecule has 0 spiro atoms. The normalized spacial score (nSPS) is 11.5. The van der Waals surface area contributed by atoms with Crippen LogP contribution in [0.15, 0.2) is 60.7 Å². The molecule has 24 heavy (non-hydrogen) atoms. The highest BCUT2D eigenvalue weighted by Crippen LogP contribution is 2.23. The van der Waals surface area contributed by atoms with Crippen LogP contribution in [0.25, 0.3) is 0 Å². The van der Waals surface area contributed by atoms with E-state index >= 15 is 0 Å². The Balaban J connectivity index is 2.09. The summed E-state index contributed by atoms with van der Waals surface area (Å²) in [5.41, 5.74) is 2.46. The molecule has 0 heterocycles. The molecule has 0 aliphatic carbocycles. The van der Waals surface area contributed by atoms with E-state index in [1.807, 2.05) is 12.1 Å². The van der Waals surface area contributed by atoms with Crippen LogP contribution >= 0.6 is 0 Å². The Labute approximate surface area is 145 Å². The lowest BCUT2D eigenvalue weighted by Crippen LogP contribution is -2.50. The zero-order valence-electron chi connectivity index (χ0n) is 15.0. The first kappa shape index (κ1) is 18.2. The molecule has 0 aliphatic heterocycles. The van der Waals surface area contributed by atoms with Crippen molar-refractivity contribution in [2.24, 2.45) is 0 Å². The van der Waals surface area contributed by atoms with E-state index < -0.39 is 0 Å². The van der Waals surface area contributed by atoms with Crippen LogP contribution in [0.4, 0.5) is 0 Å². The molecule has 128 valence electrons. The highest BCUT2D eigenvalue weighted by Gasteiger charge is 2.22. The molecule has 0 aliphatic rings. The molecule has 0 radical (unpaired) electrons. The fourth-order valence-corrected chi connectivity index (χ4v) is 2.86. The fourth-order valence-electron chi connectivity index (χ4n) is 2.86. The van der Waals surface area contributed by atoms with Crippen LogP contribution in [0.5, 0.6) is 0 Å². The maximum atomic E-state index is 12.4. The molecule has 0 aromatic heterocycles. The Morgan fingerprint density at radius 3 is 1.79 bits per heavy atom. The van der Waals surface area contributed by atoms with E-state index in [2.05, 4.69) is 74.7 Å². The van der Waals surface area contributed by atoms with E-state index in [1.54, 1.807) is 0 Å². The molecule has 0 fully saturated rings. The summed E-state index contributed by atoms with van der Waals surface area (Å²) in [6.45, 7) is 7.35. The van der Waals surface area contributed by atoms with Gasteiger partial charge in [0.2, 0.25) is 0 Å². The fraction of sp³-hybridized carbons (Fsp3) is 0.381. The Morgan fingerprint density at radius 1 is 0.917 bits per heavy atom. The number of amides is 1. The Bertz CT molecular complexity index is 581. The summed E-state index contributed by atoms with van der Waals surface area (Å²) in [6, 6.07) is 20.8. The summed E-state index contributed by atoms with van der Waals surface area (Å²) >= 11 is 0. The number of carbonyl (C=O) groups is 1. The summed E-state index contributed by atoms with van der Waals surface area (Å²) in [4.78, 5) is 12.4. The van der Waals surface area contributed by atoms with Gasteiger partial charge in [-0.2, -0.15) is 0 Å². The van der Waals surface area contributed by atoms with Crippen molar-refractivity contribution in [2.45, 2.75) is 19.8 Å². The third-order valence-corrected chi connectivity index (χ3v) is 4.96. The first-order valence-electron chi connectivity index (χ1n) is 8.78. The zero-order valence-corrected chi connectivity index (χ0v) is 15.0. The molecule has 2 aromatic rings. The van der Waals surface area contributed by atoms with E-state index in [9.17, 15) is 4.79 Å². The summed E-state index contributed by atoms with van der Waals surface area (Å²) < 4.78 is 0.771. The van der Waals surface area contributed by atoms with E-state index in [4.69, 9.17) is 0 Å². The molecule has 2 aromatic carbocycles. The molecule has 0 saturated carbocycles. The number of benzene rings is 2. The molecule has 3 nitrogen and oxygen atoms in total. The van der Waals surface area contributed by atoms with E-state index in [0.29, 0.717) is 13.1 Å². The molecule has 2 rings (SSSR count). The van der Waals surface area contributed by atoms with Crippen molar-refractivity contribution in [1.29, 1.82) is 0 Å². The van der Waals surface area contributed by atoms with Crippen molar-refractivity contribution in [1.82, 2.24) is 5.32 Å². The number of carbonyl (C=O) groups excluding carboxylic acids is 1. The van der Waals surface area contributed by atoms with Crippen LogP contribution in [0.3, 0.4) is 0 Å². The van der Waals surface area contributed by atoms with Gasteiger partial charge in [0.1, 0.15) is 0 Å². The van der Waals surface area contributed by atoms with Crippen LogP contribution in [-0.4, -0.2) is 43.6 Å². The van der Waals surface area contributed by atoms with Crippen molar-refractivity contribution < 1.29 is 9.28 Å². The second kappa shape index (κ2) is 8.65. The predicted molar refractivity (Wildman–Crippen MR) is 99.9 cm³/mol. The van der Waals surface area contributed by atoms with Crippen molar-refractivity contribution in [3.8, 4) is 0 Å². The second-order valence-electron chi connectivity index (χ2n) is 6.59. The van der Waals surface area contributed by atoms with Crippen LogP contribution in [0.1, 0.15) is 30.9 Å². The molecular formula is C21H29N2O+. The minimum absolute atomic E-state index is 0.123. The molecule has 0 unspecified atom stereocenters. The maximum Gasteiger partial charge on any atom is 0.275 e. The molecule has 1 N–H and O–H groups in total. The molecule has 0 saturated heterocycles. The second-order valence-corrected chi connectivity index (χ2v) is 6.59. The minimum Gasteiger partial charge on any atom is -0.350 e. The van der Waals surface area contributed by atoms with Crippen LogP contribution in [0, 0.1) is 0 Å². The van der Waals surface area contributed by atoms with Crippen LogP contribution in [-0.2, 0) is 4.79 Å². The molecule has 1 amide bonds. The SMILES string of the molecule is CC[N+](C)(CC)CC(=O)NCC(c1ccccc1)c1ccccc1. The van der Waals surface area contributed by atoms with Crippen molar-refractivity contribution >= 4 is 5.91 Å². The summed E-state index contributed by atoms with van der Waals surface area (Å²) in [5, 5.41) is 3.15. The minimum atomic E-state index is 0.123. The van der Waals surface area contributed by atoms with Gasteiger partial charge in [0, 0.05) is 12.5 Å². The molecule has 0 bridgehead atoms. The number of quaternary nitrogens is 1. The highest BCUT2D eigenvalue weighted by atomic mass is 16.2. The van der Waals surface area contributed by atoms with Crippen LogP contribution < -0.4 is 5.32 Å². The number of likely N-dealkylation sites (N-methyl/N-ethyl adjacent to an activating group) is 1. The standard InChI is InChI=1S/C21H28N2O/c1-4-23(3,5-2)17-21(24)22-16-20(18-12-8-6-9-13-18)19-14-10-7-11-15-19/h6-15,20H,4-5,16-17H2,1-3H3/p+1. The number of rotatable bonds is 8. The predicted octanol–water partition coefficient (Wildman–Crippen LogP) is 3.42. The van der Waals surface area contributed by atoms with Gasteiger partial charge in [-0.25, -0.2) is 0 Å². The lowest BCUT2D eigenvalue weighted by Gasteiger charge is -2.31. The average molecular weight is 325 g/mol.